The van der Waals surface area contributed by atoms with Crippen molar-refractivity contribution in [3.05, 3.63) is 62.0 Å². The van der Waals surface area contributed by atoms with Crippen LogP contribution in [0.4, 0.5) is 5.69 Å². The van der Waals surface area contributed by atoms with Crippen molar-refractivity contribution in [3.63, 3.8) is 0 Å². The number of nitro groups is 1. The van der Waals surface area contributed by atoms with Gasteiger partial charge in [-0.25, -0.2) is 0 Å². The second-order valence-electron chi connectivity index (χ2n) is 5.79. The number of furan rings is 1. The van der Waals surface area contributed by atoms with E-state index in [-0.39, 0.29) is 24.7 Å². The minimum atomic E-state index is -0.531. The van der Waals surface area contributed by atoms with E-state index < -0.39 is 10.8 Å². The predicted molar refractivity (Wildman–Crippen MR) is 95.1 cm³/mol. The number of rotatable bonds is 6. The van der Waals surface area contributed by atoms with Gasteiger partial charge in [-0.05, 0) is 31.5 Å². The van der Waals surface area contributed by atoms with Gasteiger partial charge in [-0.15, -0.1) is 0 Å². The summed E-state index contributed by atoms with van der Waals surface area (Å²) in [5, 5.41) is 13.7. The summed E-state index contributed by atoms with van der Waals surface area (Å²) in [5.41, 5.74) is 0.716. The highest BCUT2D eigenvalue weighted by Crippen LogP contribution is 2.23. The van der Waals surface area contributed by atoms with E-state index in [1.54, 1.807) is 19.9 Å². The SMILES string of the molecule is Cc1cc(C(=O)NCC(=O)N(C)Cc2cc([N+](=O)[O-])ccc2Cl)c(C)o1. The van der Waals surface area contributed by atoms with Crippen LogP contribution in [0.2, 0.25) is 5.02 Å². The number of likely N-dealkylation sites (N-methyl/N-ethyl adjacent to an activating group) is 1. The van der Waals surface area contributed by atoms with Gasteiger partial charge in [-0.1, -0.05) is 11.6 Å². The van der Waals surface area contributed by atoms with Crippen molar-refractivity contribution >= 4 is 29.1 Å². The third-order valence-corrected chi connectivity index (χ3v) is 4.13. The number of aryl methyl sites for hydroxylation is 2. The lowest BCUT2D eigenvalue weighted by Crippen LogP contribution is -2.37. The number of hydrogen-bond acceptors (Lipinski definition) is 5. The Balaban J connectivity index is 1.98. The van der Waals surface area contributed by atoms with Gasteiger partial charge in [0.15, 0.2) is 0 Å². The molecule has 1 heterocycles. The molecule has 138 valence electrons. The largest absolute Gasteiger partial charge is 0.466 e. The fraction of sp³-hybridized carbons (Fsp3) is 0.294. The molecule has 2 aromatic rings. The number of hydrogen-bond donors (Lipinski definition) is 1. The van der Waals surface area contributed by atoms with Crippen LogP contribution in [-0.4, -0.2) is 35.2 Å². The van der Waals surface area contributed by atoms with E-state index in [4.69, 9.17) is 16.0 Å². The van der Waals surface area contributed by atoms with Crippen LogP contribution in [0.1, 0.15) is 27.4 Å². The summed E-state index contributed by atoms with van der Waals surface area (Å²) in [6.45, 7) is 3.26. The van der Waals surface area contributed by atoms with Gasteiger partial charge in [0.2, 0.25) is 5.91 Å². The average Bonchev–Trinajstić information content (AvgIpc) is 2.92. The van der Waals surface area contributed by atoms with E-state index in [1.165, 1.54) is 30.1 Å². The Hall–Kier alpha value is -2.87. The number of nitrogens with one attached hydrogen (secondary N) is 1. The summed E-state index contributed by atoms with van der Waals surface area (Å²) < 4.78 is 5.29. The lowest BCUT2D eigenvalue weighted by Gasteiger charge is -2.18. The Morgan fingerprint density at radius 1 is 1.31 bits per heavy atom. The first-order valence-electron chi connectivity index (χ1n) is 7.71. The van der Waals surface area contributed by atoms with Gasteiger partial charge in [-0.2, -0.15) is 0 Å². The number of benzene rings is 1. The predicted octanol–water partition coefficient (Wildman–Crippen LogP) is 2.85. The summed E-state index contributed by atoms with van der Waals surface area (Å²) in [4.78, 5) is 36.0. The average molecular weight is 380 g/mol. The highest BCUT2D eigenvalue weighted by molar-refractivity contribution is 6.31. The van der Waals surface area contributed by atoms with Crippen molar-refractivity contribution in [1.29, 1.82) is 0 Å². The zero-order chi connectivity index (χ0) is 19.4. The maximum absolute atomic E-state index is 12.2. The third-order valence-electron chi connectivity index (χ3n) is 3.76. The molecule has 8 nitrogen and oxygen atoms in total. The first-order chi connectivity index (χ1) is 12.2. The molecule has 0 bridgehead atoms. The van der Waals surface area contributed by atoms with Crippen LogP contribution in [0.5, 0.6) is 0 Å². The molecule has 1 aromatic heterocycles. The number of nitro benzene ring substituents is 1. The molecule has 0 saturated heterocycles. The zero-order valence-electron chi connectivity index (χ0n) is 14.5. The molecule has 0 fully saturated rings. The van der Waals surface area contributed by atoms with Gasteiger partial charge in [0, 0.05) is 30.7 Å². The maximum Gasteiger partial charge on any atom is 0.269 e. The van der Waals surface area contributed by atoms with Gasteiger partial charge < -0.3 is 14.6 Å². The van der Waals surface area contributed by atoms with Crippen LogP contribution in [0, 0.1) is 24.0 Å². The minimum Gasteiger partial charge on any atom is -0.466 e. The van der Waals surface area contributed by atoms with Gasteiger partial charge in [-0.3, -0.25) is 19.7 Å². The molecule has 0 atom stereocenters. The van der Waals surface area contributed by atoms with Crippen LogP contribution in [0.3, 0.4) is 0 Å². The topological polar surface area (TPSA) is 106 Å². The van der Waals surface area contributed by atoms with Crippen molar-refractivity contribution in [2.45, 2.75) is 20.4 Å². The Labute approximate surface area is 154 Å². The minimum absolute atomic E-state index is 0.0824. The molecular formula is C17H18ClN3O5. The quantitative estimate of drug-likeness (QED) is 0.613. The Kier molecular flexibility index (Phi) is 5.99. The number of nitrogens with zero attached hydrogens (tertiary/aromatic N) is 2. The van der Waals surface area contributed by atoms with Crippen molar-refractivity contribution in [2.24, 2.45) is 0 Å². The van der Waals surface area contributed by atoms with Crippen molar-refractivity contribution < 1.29 is 18.9 Å². The normalized spacial score (nSPS) is 10.5. The summed E-state index contributed by atoms with van der Waals surface area (Å²) in [6.07, 6.45) is 0. The van der Waals surface area contributed by atoms with E-state index in [0.717, 1.165) is 0 Å². The van der Waals surface area contributed by atoms with E-state index >= 15 is 0 Å². The fourth-order valence-corrected chi connectivity index (χ4v) is 2.56. The van der Waals surface area contributed by atoms with Gasteiger partial charge in [0.25, 0.3) is 11.6 Å². The number of carbonyl (C=O) groups excluding carboxylic acids is 2. The van der Waals surface area contributed by atoms with Crippen molar-refractivity contribution in [2.75, 3.05) is 13.6 Å². The zero-order valence-corrected chi connectivity index (χ0v) is 15.3. The molecule has 9 heteroatoms. The van der Waals surface area contributed by atoms with Crippen LogP contribution in [0.25, 0.3) is 0 Å². The lowest BCUT2D eigenvalue weighted by atomic mass is 10.2. The maximum atomic E-state index is 12.2. The van der Waals surface area contributed by atoms with Crippen LogP contribution >= 0.6 is 11.6 Å². The fourth-order valence-electron chi connectivity index (χ4n) is 2.38. The number of non-ortho nitro benzene ring substituents is 1. The van der Waals surface area contributed by atoms with Crippen LogP contribution in [0.15, 0.2) is 28.7 Å². The number of halogens is 1. The summed E-state index contributed by atoms with van der Waals surface area (Å²) in [6, 6.07) is 5.63. The molecule has 0 aliphatic carbocycles. The molecule has 0 aliphatic heterocycles. The molecule has 2 rings (SSSR count). The molecule has 1 aromatic carbocycles. The number of carbonyl (C=O) groups is 2. The standard InChI is InChI=1S/C17H18ClN3O5/c1-10-6-14(11(2)26-10)17(23)19-8-16(22)20(3)9-12-7-13(21(24)25)4-5-15(12)18/h4-7H,8-9H2,1-3H3,(H,19,23). The monoisotopic (exact) mass is 379 g/mol. The molecule has 0 aliphatic rings. The van der Waals surface area contributed by atoms with Crippen LogP contribution < -0.4 is 5.32 Å². The Bertz CT molecular complexity index is 862. The molecule has 0 saturated carbocycles. The van der Waals surface area contributed by atoms with E-state index in [2.05, 4.69) is 5.32 Å². The molecular weight excluding hydrogens is 362 g/mol. The molecule has 1 N–H and O–H groups in total. The highest BCUT2D eigenvalue weighted by Gasteiger charge is 2.17. The summed E-state index contributed by atoms with van der Waals surface area (Å²) in [5.74, 6) is 0.314. The second-order valence-corrected chi connectivity index (χ2v) is 6.20. The molecule has 0 spiro atoms. The van der Waals surface area contributed by atoms with E-state index in [1.807, 2.05) is 0 Å². The smallest absolute Gasteiger partial charge is 0.269 e. The van der Waals surface area contributed by atoms with Gasteiger partial charge in [0.1, 0.15) is 11.5 Å². The molecule has 2 amide bonds. The summed E-state index contributed by atoms with van der Waals surface area (Å²) in [7, 11) is 1.52. The van der Waals surface area contributed by atoms with Crippen molar-refractivity contribution in [1.82, 2.24) is 10.2 Å². The number of amides is 2. The highest BCUT2D eigenvalue weighted by atomic mass is 35.5. The molecule has 0 radical (unpaired) electrons. The van der Waals surface area contributed by atoms with E-state index in [0.29, 0.717) is 27.7 Å². The lowest BCUT2D eigenvalue weighted by molar-refractivity contribution is -0.384. The molecule has 0 unspecified atom stereocenters. The first kappa shape index (κ1) is 19.5. The van der Waals surface area contributed by atoms with Gasteiger partial charge >= 0.3 is 0 Å². The van der Waals surface area contributed by atoms with Gasteiger partial charge in [0.05, 0.1) is 17.0 Å². The molecule has 26 heavy (non-hydrogen) atoms. The van der Waals surface area contributed by atoms with E-state index in [9.17, 15) is 19.7 Å². The third kappa shape index (κ3) is 4.60. The Morgan fingerprint density at radius 3 is 2.58 bits per heavy atom. The van der Waals surface area contributed by atoms with Crippen molar-refractivity contribution in [3.8, 4) is 0 Å². The van der Waals surface area contributed by atoms with Crippen LogP contribution in [-0.2, 0) is 11.3 Å². The summed E-state index contributed by atoms with van der Waals surface area (Å²) >= 11 is 6.04. The Morgan fingerprint density at radius 2 is 2.00 bits per heavy atom. The second kappa shape index (κ2) is 8.01. The first-order valence-corrected chi connectivity index (χ1v) is 8.09.